The van der Waals surface area contributed by atoms with Crippen molar-refractivity contribution in [2.24, 2.45) is 10.8 Å². The van der Waals surface area contributed by atoms with Gasteiger partial charge in [-0.05, 0) is 0 Å². The molecule has 2 aromatic rings. The molecule has 1 N–H and O–H groups in total. The van der Waals surface area contributed by atoms with Crippen molar-refractivity contribution in [3.05, 3.63) is 105 Å². The molecule has 0 unspecified atom stereocenters. The van der Waals surface area contributed by atoms with Gasteiger partial charge in [-0.2, -0.15) is 21.6 Å². The van der Waals surface area contributed by atoms with Gasteiger partial charge in [-0.3, -0.25) is 4.55 Å². The molecule has 1 aliphatic rings. The van der Waals surface area contributed by atoms with E-state index < -0.39 is 15.6 Å². The zero-order valence-corrected chi connectivity index (χ0v) is 24.7. The van der Waals surface area contributed by atoms with E-state index in [-0.39, 0.29) is 32.0 Å². The third kappa shape index (κ3) is 8.68. The van der Waals surface area contributed by atoms with Crippen LogP contribution in [0.5, 0.6) is 0 Å². The van der Waals surface area contributed by atoms with E-state index in [1.54, 1.807) is 0 Å². The smallest absolute Gasteiger partial charge is 0.279 e. The van der Waals surface area contributed by atoms with Gasteiger partial charge in [0, 0.05) is 0 Å². The van der Waals surface area contributed by atoms with Crippen LogP contribution in [0.25, 0.3) is 9.15 Å². The zero-order valence-electron chi connectivity index (χ0n) is 21.8. The molecule has 202 valence electrons. The van der Waals surface area contributed by atoms with Gasteiger partial charge in [-0.25, -0.2) is 0 Å². The second-order valence-electron chi connectivity index (χ2n) is 10.4. The third-order valence-electron chi connectivity index (χ3n) is 5.30. The molecule has 0 fully saturated rings. The first-order chi connectivity index (χ1) is 16.9. The maximum Gasteiger partial charge on any atom is 0.522 e. The number of hydrogen-bond acceptors (Lipinski definition) is 2. The van der Waals surface area contributed by atoms with Crippen molar-refractivity contribution in [3.63, 3.8) is 0 Å². The Labute approximate surface area is 228 Å². The van der Waals surface area contributed by atoms with Crippen molar-refractivity contribution >= 4 is 19.3 Å². The first kappa shape index (κ1) is 31.1. The Morgan fingerprint density at radius 2 is 1.19 bits per heavy atom. The summed E-state index contributed by atoms with van der Waals surface area (Å²) in [6, 6.07) is 22.0. The zero-order chi connectivity index (χ0) is 28.1. The average Bonchev–Trinajstić information content (AvgIpc) is 2.87. The molecule has 37 heavy (non-hydrogen) atoms. The number of hydrogen-bond donors (Lipinski definition) is 1. The second kappa shape index (κ2) is 12.1. The van der Waals surface area contributed by atoms with E-state index in [1.807, 2.05) is 0 Å². The minimum absolute atomic E-state index is 0.0201. The fourth-order valence-electron chi connectivity index (χ4n) is 3.75. The van der Waals surface area contributed by atoms with Crippen molar-refractivity contribution in [2.45, 2.75) is 47.1 Å². The molecular formula is C29H33F3IO3S-. The summed E-state index contributed by atoms with van der Waals surface area (Å²) in [6.45, 7) is 14.1. The molecule has 0 amide bonds. The van der Waals surface area contributed by atoms with Gasteiger partial charge in [0.1, 0.15) is 0 Å². The molecule has 3 rings (SSSR count). The molecule has 0 atom stereocenters. The van der Waals surface area contributed by atoms with Crippen molar-refractivity contribution in [1.82, 2.24) is 0 Å². The van der Waals surface area contributed by atoms with Crippen LogP contribution in [0.3, 0.4) is 0 Å². The molecule has 0 aromatic heterocycles. The molecule has 3 nitrogen and oxygen atoms in total. The summed E-state index contributed by atoms with van der Waals surface area (Å²) in [5.41, 5.74) is 1.53. The van der Waals surface area contributed by atoms with Crippen LogP contribution < -0.4 is 21.2 Å². The standard InChI is InChI=1S/C28H32I.CHF3O3S/c1-27(2,3)23-19-13-14-20-29-26(22-17-11-8-12-18-22)24(25(23)28(4,5)6)21-15-9-7-10-16-21;2-1(3,4)8(5,6)7/h7-20H,1-6H3;(H,5,6,7)/q-1;. The van der Waals surface area contributed by atoms with E-state index in [9.17, 15) is 13.2 Å². The van der Waals surface area contributed by atoms with Crippen LogP contribution in [0.15, 0.2) is 94.1 Å². The summed E-state index contributed by atoms with van der Waals surface area (Å²) in [4.78, 5) is 0. The van der Waals surface area contributed by atoms with Gasteiger partial charge in [-0.1, -0.05) is 0 Å². The Balaban J connectivity index is 0.000000521. The van der Waals surface area contributed by atoms with Gasteiger partial charge >= 0.3 is 204 Å². The van der Waals surface area contributed by atoms with E-state index in [0.717, 1.165) is 0 Å². The molecule has 0 saturated carbocycles. The van der Waals surface area contributed by atoms with Crippen LogP contribution in [0.2, 0.25) is 0 Å². The van der Waals surface area contributed by atoms with Crippen molar-refractivity contribution < 1.29 is 47.3 Å². The number of halogens is 4. The van der Waals surface area contributed by atoms with Gasteiger partial charge in [0.15, 0.2) is 0 Å². The van der Waals surface area contributed by atoms with Crippen LogP contribution in [-0.2, 0) is 10.1 Å². The molecule has 0 spiro atoms. The molecule has 0 radical (unpaired) electrons. The number of allylic oxidation sites excluding steroid dienone is 6. The maximum absolute atomic E-state index is 10.7. The van der Waals surface area contributed by atoms with Crippen LogP contribution in [0, 0.1) is 10.8 Å². The first-order valence-corrected chi connectivity index (χ1v) is 15.3. The van der Waals surface area contributed by atoms with Gasteiger partial charge in [0.2, 0.25) is 0 Å². The summed E-state index contributed by atoms with van der Waals surface area (Å²) in [6.07, 6.45) is 6.83. The first-order valence-electron chi connectivity index (χ1n) is 11.6. The molecule has 8 heteroatoms. The summed E-state index contributed by atoms with van der Waals surface area (Å²) in [5.74, 6) is 0. The summed E-state index contributed by atoms with van der Waals surface area (Å²) in [5, 5.41) is 0. The Morgan fingerprint density at radius 1 is 0.730 bits per heavy atom. The van der Waals surface area contributed by atoms with E-state index >= 15 is 0 Å². The molecule has 0 saturated heterocycles. The number of alkyl halides is 3. The molecular weight excluding hydrogens is 612 g/mol. The Morgan fingerprint density at radius 3 is 1.59 bits per heavy atom. The number of benzene rings is 2. The van der Waals surface area contributed by atoms with E-state index in [2.05, 4.69) is 125 Å². The van der Waals surface area contributed by atoms with Gasteiger partial charge in [-0.15, -0.1) is 0 Å². The predicted molar refractivity (Wildman–Crippen MR) is 142 cm³/mol. The van der Waals surface area contributed by atoms with Crippen LogP contribution in [0.1, 0.15) is 52.7 Å². The van der Waals surface area contributed by atoms with Crippen molar-refractivity contribution in [1.29, 1.82) is 0 Å². The van der Waals surface area contributed by atoms with E-state index in [4.69, 9.17) is 13.0 Å². The van der Waals surface area contributed by atoms with Crippen LogP contribution >= 0.6 is 0 Å². The van der Waals surface area contributed by atoms with Gasteiger partial charge in [0.05, 0.1) is 0 Å². The minimum atomic E-state index is -5.84. The molecule has 0 aliphatic carbocycles. The number of rotatable bonds is 2. The Kier molecular flexibility index (Phi) is 10.2. The summed E-state index contributed by atoms with van der Waals surface area (Å²) >= 11 is -0.277. The van der Waals surface area contributed by atoms with E-state index in [1.165, 1.54) is 31.4 Å². The largest absolute Gasteiger partial charge is 0.522 e. The predicted octanol–water partition coefficient (Wildman–Crippen LogP) is 5.51. The third-order valence-corrected chi connectivity index (χ3v) is 8.44. The Hall–Kier alpha value is -2.17. The fraction of sp³-hybridized carbons (Fsp3) is 0.310. The molecule has 2 aromatic carbocycles. The second-order valence-corrected chi connectivity index (χ2v) is 14.3. The SMILES string of the molecule is CC(C)(C)C1=C(C(C)(C)C)C(c2ccccc2)=C(c2ccccc2)[I-]C=CC=C1.O=S(=O)(O)C(F)(F)F. The van der Waals surface area contributed by atoms with Gasteiger partial charge < -0.3 is 0 Å². The molecule has 1 heterocycles. The van der Waals surface area contributed by atoms with Crippen molar-refractivity contribution in [3.8, 4) is 0 Å². The van der Waals surface area contributed by atoms with Crippen LogP contribution in [0.4, 0.5) is 13.2 Å². The fourth-order valence-corrected chi connectivity index (χ4v) is 6.17. The maximum atomic E-state index is 10.7. The van der Waals surface area contributed by atoms with Gasteiger partial charge in [0.25, 0.3) is 0 Å². The minimum Gasteiger partial charge on any atom is -0.279 e. The monoisotopic (exact) mass is 645 g/mol. The topological polar surface area (TPSA) is 54.4 Å². The molecule has 1 aliphatic heterocycles. The Bertz CT molecular complexity index is 1290. The quantitative estimate of drug-likeness (QED) is 0.267. The summed E-state index contributed by atoms with van der Waals surface area (Å²) in [7, 11) is -5.84. The normalized spacial score (nSPS) is 15.7. The van der Waals surface area contributed by atoms with Crippen molar-refractivity contribution in [2.75, 3.05) is 0 Å². The van der Waals surface area contributed by atoms with E-state index in [0.29, 0.717) is 0 Å². The van der Waals surface area contributed by atoms with Crippen LogP contribution in [-0.4, -0.2) is 18.5 Å². The molecule has 0 bridgehead atoms. The average molecular weight is 646 g/mol. The summed E-state index contributed by atoms with van der Waals surface area (Å²) < 4.78 is 61.4.